The minimum Gasteiger partial charge on any atom is -0.445 e. The van der Waals surface area contributed by atoms with Gasteiger partial charge in [0, 0.05) is 6.04 Å². The Balaban J connectivity index is 1.45. The molecule has 0 aliphatic carbocycles. The number of ether oxygens (including phenoxy) is 1. The van der Waals surface area contributed by atoms with Crippen molar-refractivity contribution in [2.75, 3.05) is 0 Å². The van der Waals surface area contributed by atoms with Crippen molar-refractivity contribution in [2.45, 2.75) is 76.5 Å². The number of unbranched alkanes of at least 4 members (excludes halogenated alkanes) is 4. The summed E-state index contributed by atoms with van der Waals surface area (Å²) < 4.78 is 5.57. The number of hydrogen-bond donors (Lipinski definition) is 0. The van der Waals surface area contributed by atoms with Gasteiger partial charge < -0.3 is 4.74 Å². The number of benzene rings is 1. The van der Waals surface area contributed by atoms with Crippen molar-refractivity contribution in [1.29, 1.82) is 0 Å². The Bertz CT molecular complexity index is 622. The Morgan fingerprint density at radius 2 is 1.96 bits per heavy atom. The second-order valence-corrected chi connectivity index (χ2v) is 7.52. The molecule has 140 valence electrons. The van der Waals surface area contributed by atoms with Gasteiger partial charge in [-0.2, -0.15) is 0 Å². The molecule has 1 amide bonds. The van der Waals surface area contributed by atoms with Gasteiger partial charge in [0.05, 0.1) is 6.04 Å². The van der Waals surface area contributed by atoms with E-state index in [0.29, 0.717) is 12.6 Å². The lowest BCUT2D eigenvalue weighted by molar-refractivity contribution is 0.0814. The molecule has 2 atom stereocenters. The molecule has 1 aromatic carbocycles. The highest BCUT2D eigenvalue weighted by atomic mass is 16.6. The lowest BCUT2D eigenvalue weighted by Gasteiger charge is -2.33. The average molecular weight is 354 g/mol. The van der Waals surface area contributed by atoms with Crippen molar-refractivity contribution in [1.82, 2.24) is 4.90 Å². The van der Waals surface area contributed by atoms with Crippen LogP contribution < -0.4 is 0 Å². The lowest BCUT2D eigenvalue weighted by atomic mass is 9.96. The maximum absolute atomic E-state index is 12.6. The summed E-state index contributed by atoms with van der Waals surface area (Å²) in [7, 11) is 0. The summed E-state index contributed by atoms with van der Waals surface area (Å²) in [5, 5.41) is 0. The van der Waals surface area contributed by atoms with Crippen molar-refractivity contribution >= 4 is 6.09 Å². The molecule has 1 saturated heterocycles. The van der Waals surface area contributed by atoms with Crippen molar-refractivity contribution in [2.24, 2.45) is 0 Å². The normalized spacial score (nSPS) is 21.4. The highest BCUT2D eigenvalue weighted by molar-refractivity contribution is 5.70. The van der Waals surface area contributed by atoms with Crippen LogP contribution in [0.3, 0.4) is 0 Å². The summed E-state index contributed by atoms with van der Waals surface area (Å²) in [5.74, 6) is 0. The Morgan fingerprint density at radius 3 is 2.73 bits per heavy atom. The topological polar surface area (TPSA) is 29.5 Å². The van der Waals surface area contributed by atoms with Gasteiger partial charge in [-0.25, -0.2) is 4.79 Å². The number of allylic oxidation sites excluding steroid dienone is 1. The summed E-state index contributed by atoms with van der Waals surface area (Å²) in [6.45, 7) is 4.13. The molecule has 0 aromatic heterocycles. The van der Waals surface area contributed by atoms with E-state index in [0.717, 1.165) is 31.2 Å². The fraction of sp³-hybridized carbons (Fsp3) is 0.522. The molecule has 2 aliphatic heterocycles. The predicted molar refractivity (Wildman–Crippen MR) is 106 cm³/mol. The fourth-order valence-electron chi connectivity index (χ4n) is 4.18. The van der Waals surface area contributed by atoms with Crippen LogP contribution in [-0.2, 0) is 11.3 Å². The maximum atomic E-state index is 12.6. The summed E-state index contributed by atoms with van der Waals surface area (Å²) >= 11 is 0. The third-order valence-electron chi connectivity index (χ3n) is 5.54. The highest BCUT2D eigenvalue weighted by Gasteiger charge is 2.40. The smallest absolute Gasteiger partial charge is 0.410 e. The SMILES string of the molecule is C=CCCCCCCC1=CC2CCC(C1)N2C(=O)OCc1ccccc1. The minimum atomic E-state index is -0.152. The Hall–Kier alpha value is -2.03. The third-order valence-corrected chi connectivity index (χ3v) is 5.54. The molecule has 26 heavy (non-hydrogen) atoms. The summed E-state index contributed by atoms with van der Waals surface area (Å²) in [6, 6.07) is 10.5. The fourth-order valence-corrected chi connectivity index (χ4v) is 4.18. The Labute approximate surface area is 157 Å². The van der Waals surface area contributed by atoms with E-state index >= 15 is 0 Å². The van der Waals surface area contributed by atoms with Gasteiger partial charge in [0.25, 0.3) is 0 Å². The van der Waals surface area contributed by atoms with E-state index in [1.54, 1.807) is 5.57 Å². The molecular weight excluding hydrogens is 322 g/mol. The van der Waals surface area contributed by atoms with Crippen LogP contribution in [0.15, 0.2) is 54.6 Å². The van der Waals surface area contributed by atoms with Gasteiger partial charge in [0.15, 0.2) is 0 Å². The molecule has 3 nitrogen and oxygen atoms in total. The molecule has 0 spiro atoms. The lowest BCUT2D eigenvalue weighted by Crippen LogP contribution is -2.43. The van der Waals surface area contributed by atoms with Crippen molar-refractivity contribution in [3.8, 4) is 0 Å². The van der Waals surface area contributed by atoms with Crippen LogP contribution >= 0.6 is 0 Å². The Kier molecular flexibility index (Phi) is 6.93. The monoisotopic (exact) mass is 353 g/mol. The summed E-state index contributed by atoms with van der Waals surface area (Å²) in [4.78, 5) is 14.5. The summed E-state index contributed by atoms with van der Waals surface area (Å²) in [5.41, 5.74) is 2.59. The zero-order chi connectivity index (χ0) is 18.2. The van der Waals surface area contributed by atoms with Gasteiger partial charge in [0.1, 0.15) is 6.61 Å². The molecule has 0 N–H and O–H groups in total. The second-order valence-electron chi connectivity index (χ2n) is 7.52. The van der Waals surface area contributed by atoms with Crippen LogP contribution in [0.4, 0.5) is 4.79 Å². The first-order valence-electron chi connectivity index (χ1n) is 10.1. The molecule has 3 rings (SSSR count). The number of carbonyl (C=O) groups excluding carboxylic acids is 1. The van der Waals surface area contributed by atoms with Gasteiger partial charge in [0.2, 0.25) is 0 Å². The maximum Gasteiger partial charge on any atom is 0.410 e. The van der Waals surface area contributed by atoms with E-state index in [1.807, 2.05) is 41.3 Å². The van der Waals surface area contributed by atoms with Gasteiger partial charge >= 0.3 is 6.09 Å². The van der Waals surface area contributed by atoms with Gasteiger partial charge in [-0.15, -0.1) is 6.58 Å². The molecule has 0 radical (unpaired) electrons. The quantitative estimate of drug-likeness (QED) is 0.402. The minimum absolute atomic E-state index is 0.152. The van der Waals surface area contributed by atoms with Crippen LogP contribution in [-0.4, -0.2) is 23.1 Å². The molecule has 2 aliphatic rings. The van der Waals surface area contributed by atoms with Gasteiger partial charge in [-0.1, -0.05) is 60.9 Å². The molecule has 2 bridgehead atoms. The second kappa shape index (κ2) is 9.61. The number of amides is 1. The summed E-state index contributed by atoms with van der Waals surface area (Å²) in [6.07, 6.45) is 14.8. The first-order chi connectivity index (χ1) is 12.8. The molecule has 3 heteroatoms. The van der Waals surface area contributed by atoms with Crippen molar-refractivity contribution in [3.63, 3.8) is 0 Å². The van der Waals surface area contributed by atoms with E-state index in [-0.39, 0.29) is 12.1 Å². The number of rotatable bonds is 9. The first-order valence-corrected chi connectivity index (χ1v) is 10.1. The zero-order valence-electron chi connectivity index (χ0n) is 15.7. The molecule has 2 heterocycles. The molecule has 2 unspecified atom stereocenters. The molecule has 1 fully saturated rings. The predicted octanol–water partition coefficient (Wildman–Crippen LogP) is 6.01. The average Bonchev–Trinajstić information content (AvgIpc) is 2.94. The van der Waals surface area contributed by atoms with Crippen LogP contribution in [0, 0.1) is 0 Å². The number of hydrogen-bond acceptors (Lipinski definition) is 2. The van der Waals surface area contributed by atoms with Crippen molar-refractivity contribution < 1.29 is 9.53 Å². The van der Waals surface area contributed by atoms with Gasteiger partial charge in [-0.05, 0) is 50.5 Å². The van der Waals surface area contributed by atoms with Crippen LogP contribution in [0.25, 0.3) is 0 Å². The Morgan fingerprint density at radius 1 is 1.15 bits per heavy atom. The zero-order valence-corrected chi connectivity index (χ0v) is 15.7. The van der Waals surface area contributed by atoms with E-state index in [1.165, 1.54) is 32.1 Å². The first kappa shape index (κ1) is 18.8. The third kappa shape index (κ3) is 5.00. The number of carbonyl (C=O) groups is 1. The van der Waals surface area contributed by atoms with E-state index in [4.69, 9.17) is 4.74 Å². The van der Waals surface area contributed by atoms with Crippen LogP contribution in [0.5, 0.6) is 0 Å². The highest BCUT2D eigenvalue weighted by Crippen LogP contribution is 2.37. The van der Waals surface area contributed by atoms with Crippen LogP contribution in [0.2, 0.25) is 0 Å². The van der Waals surface area contributed by atoms with Gasteiger partial charge in [-0.3, -0.25) is 4.90 Å². The van der Waals surface area contributed by atoms with Crippen molar-refractivity contribution in [3.05, 3.63) is 60.2 Å². The van der Waals surface area contributed by atoms with E-state index in [9.17, 15) is 4.79 Å². The van der Waals surface area contributed by atoms with E-state index < -0.39 is 0 Å². The largest absolute Gasteiger partial charge is 0.445 e. The molecule has 1 aromatic rings. The number of fused-ring (bicyclic) bond motifs is 2. The number of nitrogens with zero attached hydrogens (tertiary/aromatic N) is 1. The van der Waals surface area contributed by atoms with Crippen LogP contribution in [0.1, 0.15) is 63.4 Å². The van der Waals surface area contributed by atoms with E-state index in [2.05, 4.69) is 12.7 Å². The standard InChI is InChI=1S/C23H31NO2/c1-2-3-4-5-6-8-13-20-16-21-14-15-22(17-20)24(21)23(25)26-18-19-11-9-7-10-12-19/h2,7,9-12,16,21-22H,1,3-6,8,13-15,17-18H2. The molecule has 0 saturated carbocycles. The molecular formula is C23H31NO2.